The van der Waals surface area contributed by atoms with Crippen LogP contribution in [-0.2, 0) is 0 Å². The second kappa shape index (κ2) is 5.17. The summed E-state index contributed by atoms with van der Waals surface area (Å²) in [6, 6.07) is 8.16. The summed E-state index contributed by atoms with van der Waals surface area (Å²) in [4.78, 5) is 12.8. The van der Waals surface area contributed by atoms with Crippen LogP contribution >= 0.6 is 0 Å². The first-order chi connectivity index (χ1) is 9.24. The predicted octanol–water partition coefficient (Wildman–Crippen LogP) is 2.32. The van der Waals surface area contributed by atoms with Crippen LogP contribution in [0, 0.1) is 10.1 Å². The van der Waals surface area contributed by atoms with Crippen molar-refractivity contribution in [3.63, 3.8) is 0 Å². The summed E-state index contributed by atoms with van der Waals surface area (Å²) in [7, 11) is 0. The fourth-order valence-electron chi connectivity index (χ4n) is 2.77. The molecule has 2 fully saturated rings. The van der Waals surface area contributed by atoms with Gasteiger partial charge in [0.15, 0.2) is 0 Å². The lowest BCUT2D eigenvalue weighted by Gasteiger charge is -2.27. The van der Waals surface area contributed by atoms with Gasteiger partial charge in [0.05, 0.1) is 4.92 Å². The normalized spacial score (nSPS) is 22.4. The second-order valence-electron chi connectivity index (χ2n) is 5.45. The molecule has 1 heterocycles. The number of non-ortho nitro benzene ring substituents is 1. The van der Waals surface area contributed by atoms with Crippen LogP contribution in [0.15, 0.2) is 24.3 Å². The fourth-order valence-corrected chi connectivity index (χ4v) is 2.77. The number of anilines is 1. The predicted molar refractivity (Wildman–Crippen MR) is 74.5 cm³/mol. The third kappa shape index (κ3) is 2.87. The molecule has 0 bridgehead atoms. The zero-order valence-electron chi connectivity index (χ0n) is 10.9. The van der Waals surface area contributed by atoms with Crippen molar-refractivity contribution >= 4 is 11.4 Å². The third-order valence-electron chi connectivity index (χ3n) is 3.96. The third-order valence-corrected chi connectivity index (χ3v) is 3.96. The molecule has 0 amide bonds. The van der Waals surface area contributed by atoms with Crippen molar-refractivity contribution in [1.82, 2.24) is 5.32 Å². The van der Waals surface area contributed by atoms with E-state index in [1.54, 1.807) is 12.1 Å². The van der Waals surface area contributed by atoms with Gasteiger partial charge in [0, 0.05) is 36.4 Å². The monoisotopic (exact) mass is 261 g/mol. The van der Waals surface area contributed by atoms with Gasteiger partial charge in [-0.05, 0) is 44.4 Å². The maximum atomic E-state index is 10.7. The number of nitro groups is 1. The van der Waals surface area contributed by atoms with Crippen molar-refractivity contribution in [2.75, 3.05) is 18.0 Å². The Morgan fingerprint density at radius 1 is 1.26 bits per heavy atom. The Morgan fingerprint density at radius 3 is 2.53 bits per heavy atom. The lowest BCUT2D eigenvalue weighted by Crippen LogP contribution is -2.38. The Bertz CT molecular complexity index is 450. The van der Waals surface area contributed by atoms with Crippen molar-refractivity contribution in [3.05, 3.63) is 34.4 Å². The van der Waals surface area contributed by atoms with Crippen LogP contribution < -0.4 is 10.2 Å². The molecule has 5 heteroatoms. The van der Waals surface area contributed by atoms with Crippen molar-refractivity contribution in [1.29, 1.82) is 0 Å². The van der Waals surface area contributed by atoms with Gasteiger partial charge < -0.3 is 10.2 Å². The van der Waals surface area contributed by atoms with E-state index in [0.29, 0.717) is 12.1 Å². The molecule has 1 aliphatic carbocycles. The molecule has 1 saturated carbocycles. The Hall–Kier alpha value is -1.62. The van der Waals surface area contributed by atoms with Crippen LogP contribution in [0.4, 0.5) is 11.4 Å². The summed E-state index contributed by atoms with van der Waals surface area (Å²) < 4.78 is 0. The molecular weight excluding hydrogens is 242 g/mol. The van der Waals surface area contributed by atoms with E-state index >= 15 is 0 Å². The van der Waals surface area contributed by atoms with E-state index in [9.17, 15) is 10.1 Å². The molecular formula is C14H19N3O2. The van der Waals surface area contributed by atoms with Crippen LogP contribution in [0.5, 0.6) is 0 Å². The van der Waals surface area contributed by atoms with Crippen LogP contribution in [0.2, 0.25) is 0 Å². The van der Waals surface area contributed by atoms with Gasteiger partial charge >= 0.3 is 0 Å². The van der Waals surface area contributed by atoms with E-state index < -0.39 is 0 Å². The molecule has 1 aromatic carbocycles. The van der Waals surface area contributed by atoms with Crippen molar-refractivity contribution < 1.29 is 4.92 Å². The maximum Gasteiger partial charge on any atom is 0.269 e. The molecule has 0 spiro atoms. The number of benzene rings is 1. The van der Waals surface area contributed by atoms with Gasteiger partial charge in [-0.15, -0.1) is 0 Å². The van der Waals surface area contributed by atoms with E-state index in [-0.39, 0.29) is 10.6 Å². The fraction of sp³-hybridized carbons (Fsp3) is 0.571. The van der Waals surface area contributed by atoms with E-state index in [1.165, 1.54) is 25.7 Å². The van der Waals surface area contributed by atoms with Crippen molar-refractivity contribution in [2.45, 2.75) is 37.8 Å². The molecule has 3 rings (SSSR count). The summed E-state index contributed by atoms with van der Waals surface area (Å²) in [6.45, 7) is 2.13. The number of hydrogen-bond donors (Lipinski definition) is 1. The number of nitrogens with zero attached hydrogens (tertiary/aromatic N) is 2. The van der Waals surface area contributed by atoms with E-state index in [2.05, 4.69) is 10.2 Å². The minimum absolute atomic E-state index is 0.165. The Morgan fingerprint density at radius 2 is 2.00 bits per heavy atom. The van der Waals surface area contributed by atoms with Gasteiger partial charge in [-0.2, -0.15) is 0 Å². The highest BCUT2D eigenvalue weighted by molar-refractivity contribution is 5.52. The molecule has 1 aromatic rings. The van der Waals surface area contributed by atoms with Gasteiger partial charge in [0.1, 0.15) is 0 Å². The molecule has 1 unspecified atom stereocenters. The smallest absolute Gasteiger partial charge is 0.269 e. The van der Waals surface area contributed by atoms with E-state index in [1.807, 2.05) is 12.1 Å². The van der Waals surface area contributed by atoms with Gasteiger partial charge in [-0.25, -0.2) is 0 Å². The highest BCUT2D eigenvalue weighted by Gasteiger charge is 2.31. The zero-order chi connectivity index (χ0) is 13.2. The van der Waals surface area contributed by atoms with Gasteiger partial charge in [-0.1, -0.05) is 0 Å². The molecule has 5 nitrogen and oxygen atoms in total. The number of nitrogens with one attached hydrogen (secondary N) is 1. The largest absolute Gasteiger partial charge is 0.367 e. The second-order valence-corrected chi connectivity index (χ2v) is 5.45. The van der Waals surface area contributed by atoms with Gasteiger partial charge in [0.2, 0.25) is 0 Å². The first kappa shape index (κ1) is 12.4. The standard InChI is InChI=1S/C14H19N3O2/c18-17(19)14-7-5-13(6-8-14)16(12-3-4-12)10-11-2-1-9-15-11/h5-8,11-12,15H,1-4,9-10H2. The molecule has 1 saturated heterocycles. The SMILES string of the molecule is O=[N+]([O-])c1ccc(N(CC2CCCN2)C2CC2)cc1. The highest BCUT2D eigenvalue weighted by Crippen LogP contribution is 2.33. The minimum Gasteiger partial charge on any atom is -0.367 e. The van der Waals surface area contributed by atoms with Crippen molar-refractivity contribution in [2.24, 2.45) is 0 Å². The Labute approximate surface area is 112 Å². The molecule has 19 heavy (non-hydrogen) atoms. The molecule has 1 atom stereocenters. The summed E-state index contributed by atoms with van der Waals surface area (Å²) in [5.41, 5.74) is 1.28. The Kier molecular flexibility index (Phi) is 3.38. The Balaban J connectivity index is 1.73. The summed E-state index contributed by atoms with van der Waals surface area (Å²) in [5, 5.41) is 14.2. The molecule has 102 valence electrons. The quantitative estimate of drug-likeness (QED) is 0.652. The molecule has 1 aliphatic heterocycles. The van der Waals surface area contributed by atoms with Crippen molar-refractivity contribution in [3.8, 4) is 0 Å². The van der Waals surface area contributed by atoms with E-state index in [0.717, 1.165) is 18.8 Å². The molecule has 1 N–H and O–H groups in total. The average molecular weight is 261 g/mol. The minimum atomic E-state index is -0.343. The average Bonchev–Trinajstić information content (AvgIpc) is 3.13. The lowest BCUT2D eigenvalue weighted by molar-refractivity contribution is -0.384. The summed E-state index contributed by atoms with van der Waals surface area (Å²) in [6.07, 6.45) is 4.97. The van der Waals surface area contributed by atoms with Gasteiger partial charge in [0.25, 0.3) is 5.69 Å². The number of nitro benzene ring substituents is 1. The van der Waals surface area contributed by atoms with Crippen LogP contribution in [0.1, 0.15) is 25.7 Å². The van der Waals surface area contributed by atoms with Crippen LogP contribution in [0.25, 0.3) is 0 Å². The highest BCUT2D eigenvalue weighted by atomic mass is 16.6. The van der Waals surface area contributed by atoms with Gasteiger partial charge in [-0.3, -0.25) is 10.1 Å². The zero-order valence-corrected chi connectivity index (χ0v) is 10.9. The molecule has 0 radical (unpaired) electrons. The molecule has 0 aromatic heterocycles. The summed E-state index contributed by atoms with van der Waals surface area (Å²) >= 11 is 0. The first-order valence-electron chi connectivity index (χ1n) is 6.98. The summed E-state index contributed by atoms with van der Waals surface area (Å²) in [5.74, 6) is 0. The van der Waals surface area contributed by atoms with Crippen LogP contribution in [0.3, 0.4) is 0 Å². The van der Waals surface area contributed by atoms with E-state index in [4.69, 9.17) is 0 Å². The first-order valence-corrected chi connectivity index (χ1v) is 6.98. The number of rotatable bonds is 5. The van der Waals surface area contributed by atoms with Crippen LogP contribution in [-0.4, -0.2) is 30.1 Å². The topological polar surface area (TPSA) is 58.4 Å². The molecule has 2 aliphatic rings. The lowest BCUT2D eigenvalue weighted by atomic mass is 10.2. The maximum absolute atomic E-state index is 10.7. The number of hydrogen-bond acceptors (Lipinski definition) is 4.